The Bertz CT molecular complexity index is 1200. The van der Waals surface area contributed by atoms with Crippen molar-refractivity contribution < 1.29 is 14.3 Å². The second-order valence-electron chi connectivity index (χ2n) is 6.99. The highest BCUT2D eigenvalue weighted by Crippen LogP contribution is 2.39. The van der Waals surface area contributed by atoms with E-state index >= 15 is 0 Å². The molecule has 4 aromatic rings. The molecular formula is C25H18ClFO2S. The van der Waals surface area contributed by atoms with Gasteiger partial charge in [-0.2, -0.15) is 0 Å². The lowest BCUT2D eigenvalue weighted by Crippen LogP contribution is -2.14. The van der Waals surface area contributed by atoms with Crippen LogP contribution in [0.5, 0.6) is 0 Å². The Morgan fingerprint density at radius 2 is 1.80 bits per heavy atom. The van der Waals surface area contributed by atoms with Gasteiger partial charge < -0.3 is 5.11 Å². The first-order valence-electron chi connectivity index (χ1n) is 9.37. The van der Waals surface area contributed by atoms with Crippen LogP contribution in [-0.2, 0) is 0 Å². The molecule has 0 bridgehead atoms. The van der Waals surface area contributed by atoms with Crippen molar-refractivity contribution in [1.29, 1.82) is 0 Å². The van der Waals surface area contributed by atoms with Gasteiger partial charge in [-0.3, -0.25) is 4.79 Å². The van der Waals surface area contributed by atoms with E-state index in [4.69, 9.17) is 11.6 Å². The summed E-state index contributed by atoms with van der Waals surface area (Å²) in [6.07, 6.45) is -1.34. The van der Waals surface area contributed by atoms with E-state index in [1.54, 1.807) is 42.5 Å². The monoisotopic (exact) mass is 436 g/mol. The highest BCUT2D eigenvalue weighted by Gasteiger charge is 2.25. The molecule has 0 radical (unpaired) electrons. The van der Waals surface area contributed by atoms with Crippen molar-refractivity contribution in [2.45, 2.75) is 13.0 Å². The predicted molar refractivity (Wildman–Crippen MR) is 121 cm³/mol. The Balaban J connectivity index is 1.85. The first-order chi connectivity index (χ1) is 14.5. The molecule has 1 N–H and O–H groups in total. The lowest BCUT2D eigenvalue weighted by Gasteiger charge is -2.17. The number of halogens is 2. The molecule has 0 amide bonds. The van der Waals surface area contributed by atoms with Crippen LogP contribution in [0.1, 0.15) is 27.6 Å². The van der Waals surface area contributed by atoms with E-state index in [1.165, 1.54) is 23.5 Å². The second-order valence-corrected chi connectivity index (χ2v) is 8.34. The van der Waals surface area contributed by atoms with Gasteiger partial charge in [0.2, 0.25) is 0 Å². The second kappa shape index (κ2) is 8.52. The van der Waals surface area contributed by atoms with Crippen LogP contribution >= 0.6 is 22.9 Å². The van der Waals surface area contributed by atoms with Crippen LogP contribution in [0, 0.1) is 12.7 Å². The van der Waals surface area contributed by atoms with Crippen LogP contribution in [0.3, 0.4) is 0 Å². The molecule has 1 atom stereocenters. The number of carbonyl (C=O) groups excluding carboxylic acids is 1. The summed E-state index contributed by atoms with van der Waals surface area (Å²) >= 11 is 7.69. The van der Waals surface area contributed by atoms with Gasteiger partial charge in [-0.05, 0) is 58.8 Å². The zero-order valence-corrected chi connectivity index (χ0v) is 17.7. The van der Waals surface area contributed by atoms with E-state index in [9.17, 15) is 14.3 Å². The summed E-state index contributed by atoms with van der Waals surface area (Å²) in [5.41, 5.74) is 4.04. The number of benzene rings is 3. The van der Waals surface area contributed by atoms with Gasteiger partial charge in [-0.1, -0.05) is 60.1 Å². The van der Waals surface area contributed by atoms with Gasteiger partial charge in [-0.15, -0.1) is 11.3 Å². The van der Waals surface area contributed by atoms with E-state index in [0.29, 0.717) is 16.1 Å². The molecule has 150 valence electrons. The van der Waals surface area contributed by atoms with Crippen molar-refractivity contribution in [2.75, 3.05) is 0 Å². The maximum atomic E-state index is 13.4. The molecule has 0 spiro atoms. The minimum atomic E-state index is -1.34. The number of ketones is 1. The number of aliphatic hydroxyl groups excluding tert-OH is 1. The fourth-order valence-corrected chi connectivity index (χ4v) is 4.38. The molecule has 0 saturated heterocycles. The molecule has 0 aliphatic heterocycles. The third-order valence-electron chi connectivity index (χ3n) is 5.01. The SMILES string of the molecule is Cc1ccc(C(O)C(=O)c2cccc(-c3ccc(F)cc3)c2-c2cccs2)cc1Cl. The standard InChI is InChI=1S/C25H18ClFO2S/c1-15-7-8-17(14-21(15)26)24(28)25(29)20-5-2-4-19(16-9-11-18(27)12-10-16)23(20)22-6-3-13-30-22/h2-14,24,28H,1H3. The molecule has 0 aliphatic rings. The Hall–Kier alpha value is -2.79. The van der Waals surface area contributed by atoms with Crippen LogP contribution in [-0.4, -0.2) is 10.9 Å². The Labute approximate surface area is 183 Å². The first-order valence-corrected chi connectivity index (χ1v) is 10.6. The number of Topliss-reactive ketones (excluding diaryl/α,β-unsaturated/α-hetero) is 1. The lowest BCUT2D eigenvalue weighted by atomic mass is 9.89. The van der Waals surface area contributed by atoms with E-state index in [0.717, 1.165) is 27.1 Å². The molecule has 2 nitrogen and oxygen atoms in total. The summed E-state index contributed by atoms with van der Waals surface area (Å²) in [6, 6.07) is 20.5. The maximum absolute atomic E-state index is 13.4. The largest absolute Gasteiger partial charge is 0.380 e. The number of carbonyl (C=O) groups is 1. The third-order valence-corrected chi connectivity index (χ3v) is 6.31. The van der Waals surface area contributed by atoms with Gasteiger partial charge >= 0.3 is 0 Å². The van der Waals surface area contributed by atoms with Crippen LogP contribution in [0.2, 0.25) is 5.02 Å². The fourth-order valence-electron chi connectivity index (χ4n) is 3.39. The molecule has 30 heavy (non-hydrogen) atoms. The van der Waals surface area contributed by atoms with E-state index in [-0.39, 0.29) is 5.82 Å². The van der Waals surface area contributed by atoms with Gasteiger partial charge in [0.15, 0.2) is 5.78 Å². The Morgan fingerprint density at radius 1 is 1.03 bits per heavy atom. The van der Waals surface area contributed by atoms with Crippen LogP contribution < -0.4 is 0 Å². The summed E-state index contributed by atoms with van der Waals surface area (Å²) < 4.78 is 13.4. The Kier molecular flexibility index (Phi) is 5.82. The molecule has 5 heteroatoms. The molecule has 3 aromatic carbocycles. The number of hydrogen-bond acceptors (Lipinski definition) is 3. The highest BCUT2D eigenvalue weighted by atomic mass is 35.5. The number of hydrogen-bond donors (Lipinski definition) is 1. The molecule has 1 aromatic heterocycles. The normalized spacial score (nSPS) is 12.0. The van der Waals surface area contributed by atoms with Gasteiger partial charge in [0.05, 0.1) is 0 Å². The van der Waals surface area contributed by atoms with E-state index in [1.807, 2.05) is 30.5 Å². The van der Waals surface area contributed by atoms with Crippen LogP contribution in [0.4, 0.5) is 4.39 Å². The minimum Gasteiger partial charge on any atom is -0.380 e. The highest BCUT2D eigenvalue weighted by molar-refractivity contribution is 7.13. The molecule has 1 heterocycles. The number of thiophene rings is 1. The van der Waals surface area contributed by atoms with E-state index in [2.05, 4.69) is 0 Å². The quantitative estimate of drug-likeness (QED) is 0.339. The van der Waals surface area contributed by atoms with Crippen LogP contribution in [0.15, 0.2) is 78.2 Å². The smallest absolute Gasteiger partial charge is 0.196 e. The average Bonchev–Trinajstić information content (AvgIpc) is 3.29. The third kappa shape index (κ3) is 3.94. The molecule has 1 unspecified atom stereocenters. The molecule has 0 saturated carbocycles. The topological polar surface area (TPSA) is 37.3 Å². The van der Waals surface area contributed by atoms with Crippen molar-refractivity contribution in [1.82, 2.24) is 0 Å². The predicted octanol–water partition coefficient (Wildman–Crippen LogP) is 7.10. The van der Waals surface area contributed by atoms with Gasteiger partial charge in [0.1, 0.15) is 11.9 Å². The summed E-state index contributed by atoms with van der Waals surface area (Å²) in [6.45, 7) is 1.86. The molecular weight excluding hydrogens is 419 g/mol. The Morgan fingerprint density at radius 3 is 2.47 bits per heavy atom. The number of rotatable bonds is 5. The van der Waals surface area contributed by atoms with E-state index < -0.39 is 11.9 Å². The summed E-state index contributed by atoms with van der Waals surface area (Å²) in [5.74, 6) is -0.738. The average molecular weight is 437 g/mol. The maximum Gasteiger partial charge on any atom is 0.196 e. The lowest BCUT2D eigenvalue weighted by molar-refractivity contribution is 0.0748. The van der Waals surface area contributed by atoms with Crippen molar-refractivity contribution in [2.24, 2.45) is 0 Å². The summed E-state index contributed by atoms with van der Waals surface area (Å²) in [7, 11) is 0. The minimum absolute atomic E-state index is 0.324. The van der Waals surface area contributed by atoms with Gasteiger partial charge in [0.25, 0.3) is 0 Å². The molecule has 0 aliphatic carbocycles. The van der Waals surface area contributed by atoms with Crippen molar-refractivity contribution in [3.8, 4) is 21.6 Å². The van der Waals surface area contributed by atoms with Crippen molar-refractivity contribution in [3.05, 3.63) is 106 Å². The zero-order chi connectivity index (χ0) is 21.3. The van der Waals surface area contributed by atoms with Gasteiger partial charge in [0, 0.05) is 21.0 Å². The molecule has 4 rings (SSSR count). The fraction of sp³-hybridized carbons (Fsp3) is 0.0800. The van der Waals surface area contributed by atoms with Gasteiger partial charge in [-0.25, -0.2) is 4.39 Å². The van der Waals surface area contributed by atoms with Crippen LogP contribution in [0.25, 0.3) is 21.6 Å². The summed E-state index contributed by atoms with van der Waals surface area (Å²) in [4.78, 5) is 14.2. The number of aliphatic hydroxyl groups is 1. The zero-order valence-electron chi connectivity index (χ0n) is 16.1. The molecule has 0 fully saturated rings. The van der Waals surface area contributed by atoms with Crippen molar-refractivity contribution >= 4 is 28.7 Å². The van der Waals surface area contributed by atoms with Crippen molar-refractivity contribution in [3.63, 3.8) is 0 Å². The number of aryl methyl sites for hydroxylation is 1. The first kappa shape index (κ1) is 20.5. The summed E-state index contributed by atoms with van der Waals surface area (Å²) in [5, 5.41) is 13.3.